The monoisotopic (exact) mass is 390 g/mol. The van der Waals surface area contributed by atoms with E-state index in [-0.39, 0.29) is 11.8 Å². The van der Waals surface area contributed by atoms with Crippen LogP contribution in [-0.2, 0) is 16.0 Å². The molecule has 0 radical (unpaired) electrons. The zero-order valence-electron chi connectivity index (χ0n) is 15.1. The number of amides is 2. The third-order valence-electron chi connectivity index (χ3n) is 3.92. The number of hydrogen-bond acceptors (Lipinski definition) is 2. The number of hydrogen-bond donors (Lipinski definition) is 2. The minimum atomic E-state index is -0.261. The lowest BCUT2D eigenvalue weighted by Crippen LogP contribution is -2.14. The Balaban J connectivity index is 1.57. The van der Waals surface area contributed by atoms with Crippen LogP contribution in [0.4, 0.5) is 11.4 Å². The van der Waals surface area contributed by atoms with Crippen molar-refractivity contribution in [3.8, 4) is 0 Å². The molecule has 0 aliphatic heterocycles. The molecule has 0 unspecified atom stereocenters. The molecule has 0 saturated carbocycles. The molecular formula is C23H19ClN2O2. The molecule has 0 aromatic heterocycles. The standard InChI is InChI=1S/C23H19ClN2O2/c24-19-12-9-17(10-13-19)11-14-22(27)25-20-7-4-8-21(16-20)26-23(28)15-18-5-2-1-3-6-18/h1-14,16H,15H2,(H,25,27)(H,26,28)/b14-11+. The van der Waals surface area contributed by atoms with Gasteiger partial charge in [-0.3, -0.25) is 9.59 Å². The lowest BCUT2D eigenvalue weighted by atomic mass is 10.1. The maximum atomic E-state index is 12.2. The topological polar surface area (TPSA) is 58.2 Å². The van der Waals surface area contributed by atoms with Crippen LogP contribution in [0.25, 0.3) is 6.08 Å². The van der Waals surface area contributed by atoms with Gasteiger partial charge in [-0.2, -0.15) is 0 Å². The number of rotatable bonds is 6. The van der Waals surface area contributed by atoms with Gasteiger partial charge in [0.15, 0.2) is 0 Å². The predicted molar refractivity (Wildman–Crippen MR) is 114 cm³/mol. The molecule has 5 heteroatoms. The van der Waals surface area contributed by atoms with Crippen LogP contribution in [0.2, 0.25) is 5.02 Å². The molecule has 140 valence electrons. The number of carbonyl (C=O) groups excluding carboxylic acids is 2. The zero-order valence-corrected chi connectivity index (χ0v) is 15.8. The third-order valence-corrected chi connectivity index (χ3v) is 4.17. The van der Waals surface area contributed by atoms with Crippen LogP contribution in [0.15, 0.2) is 84.9 Å². The second kappa shape index (κ2) is 9.53. The van der Waals surface area contributed by atoms with Crippen LogP contribution < -0.4 is 10.6 Å². The van der Waals surface area contributed by atoms with E-state index in [4.69, 9.17) is 11.6 Å². The Kier molecular flexibility index (Phi) is 6.60. The average Bonchev–Trinajstić information content (AvgIpc) is 2.68. The van der Waals surface area contributed by atoms with Crippen LogP contribution in [0, 0.1) is 0 Å². The Labute approximate surface area is 168 Å². The molecule has 3 aromatic rings. The first-order valence-electron chi connectivity index (χ1n) is 8.77. The number of carbonyl (C=O) groups is 2. The molecule has 4 nitrogen and oxygen atoms in total. The van der Waals surface area contributed by atoms with Crippen molar-refractivity contribution in [3.05, 3.63) is 101 Å². The number of nitrogens with one attached hydrogen (secondary N) is 2. The molecule has 0 bridgehead atoms. The first kappa shape index (κ1) is 19.4. The van der Waals surface area contributed by atoms with E-state index in [0.717, 1.165) is 11.1 Å². The first-order valence-corrected chi connectivity index (χ1v) is 9.15. The lowest BCUT2D eigenvalue weighted by molar-refractivity contribution is -0.115. The Bertz CT molecular complexity index is 983. The number of benzene rings is 3. The van der Waals surface area contributed by atoms with Crippen LogP contribution in [0.5, 0.6) is 0 Å². The highest BCUT2D eigenvalue weighted by Gasteiger charge is 2.05. The molecule has 28 heavy (non-hydrogen) atoms. The maximum Gasteiger partial charge on any atom is 0.248 e. The SMILES string of the molecule is O=C(/C=C/c1ccc(Cl)cc1)Nc1cccc(NC(=O)Cc2ccccc2)c1. The summed E-state index contributed by atoms with van der Waals surface area (Å²) in [6.45, 7) is 0. The van der Waals surface area contributed by atoms with Crippen molar-refractivity contribution >= 4 is 40.9 Å². The summed E-state index contributed by atoms with van der Waals surface area (Å²) in [4.78, 5) is 24.3. The van der Waals surface area contributed by atoms with Crippen molar-refractivity contribution in [1.29, 1.82) is 0 Å². The molecule has 3 rings (SSSR count). The zero-order chi connectivity index (χ0) is 19.8. The predicted octanol–water partition coefficient (Wildman–Crippen LogP) is 5.17. The highest BCUT2D eigenvalue weighted by atomic mass is 35.5. The Morgan fingerprint density at radius 1 is 0.821 bits per heavy atom. The average molecular weight is 391 g/mol. The summed E-state index contributed by atoms with van der Waals surface area (Å²) in [5.41, 5.74) is 3.04. The fraction of sp³-hybridized carbons (Fsp3) is 0.0435. The van der Waals surface area contributed by atoms with Crippen LogP contribution in [0.3, 0.4) is 0 Å². The molecule has 0 aliphatic carbocycles. The minimum Gasteiger partial charge on any atom is -0.326 e. The summed E-state index contributed by atoms with van der Waals surface area (Å²) in [7, 11) is 0. The van der Waals surface area contributed by atoms with Gasteiger partial charge >= 0.3 is 0 Å². The molecule has 0 spiro atoms. The maximum absolute atomic E-state index is 12.2. The quantitative estimate of drug-likeness (QED) is 0.570. The van der Waals surface area contributed by atoms with E-state index in [2.05, 4.69) is 10.6 Å². The van der Waals surface area contributed by atoms with Gasteiger partial charge in [-0.25, -0.2) is 0 Å². The van der Waals surface area contributed by atoms with Gasteiger partial charge in [-0.1, -0.05) is 60.1 Å². The summed E-state index contributed by atoms with van der Waals surface area (Å²) in [5.74, 6) is -0.375. The van der Waals surface area contributed by atoms with E-state index >= 15 is 0 Å². The van der Waals surface area contributed by atoms with E-state index in [0.29, 0.717) is 22.8 Å². The van der Waals surface area contributed by atoms with E-state index < -0.39 is 0 Å². The van der Waals surface area contributed by atoms with Crippen molar-refractivity contribution < 1.29 is 9.59 Å². The third kappa shape index (κ3) is 6.11. The molecule has 0 atom stereocenters. The fourth-order valence-corrected chi connectivity index (χ4v) is 2.72. The van der Waals surface area contributed by atoms with Gasteiger partial charge in [0.2, 0.25) is 11.8 Å². The van der Waals surface area contributed by atoms with Crippen LogP contribution >= 0.6 is 11.6 Å². The lowest BCUT2D eigenvalue weighted by Gasteiger charge is -2.08. The molecular weight excluding hydrogens is 372 g/mol. The molecule has 0 heterocycles. The smallest absolute Gasteiger partial charge is 0.248 e. The second-order valence-corrected chi connectivity index (χ2v) is 6.60. The van der Waals surface area contributed by atoms with E-state index in [1.165, 1.54) is 6.08 Å². The van der Waals surface area contributed by atoms with Gasteiger partial charge in [-0.05, 0) is 47.5 Å². The van der Waals surface area contributed by atoms with Crippen molar-refractivity contribution in [2.45, 2.75) is 6.42 Å². The van der Waals surface area contributed by atoms with Crippen molar-refractivity contribution in [2.75, 3.05) is 10.6 Å². The molecule has 0 saturated heterocycles. The summed E-state index contributed by atoms with van der Waals surface area (Å²) in [5, 5.41) is 6.28. The second-order valence-electron chi connectivity index (χ2n) is 6.17. The summed E-state index contributed by atoms with van der Waals surface area (Å²) in [6, 6.07) is 23.7. The number of anilines is 2. The largest absolute Gasteiger partial charge is 0.326 e. The van der Waals surface area contributed by atoms with Crippen LogP contribution in [0.1, 0.15) is 11.1 Å². The number of halogens is 1. The highest BCUT2D eigenvalue weighted by molar-refractivity contribution is 6.30. The van der Waals surface area contributed by atoms with Crippen molar-refractivity contribution in [1.82, 2.24) is 0 Å². The molecule has 2 N–H and O–H groups in total. The normalized spacial score (nSPS) is 10.6. The molecule has 2 amide bonds. The molecule has 3 aromatic carbocycles. The Morgan fingerprint density at radius 3 is 2.21 bits per heavy atom. The van der Waals surface area contributed by atoms with Gasteiger partial charge in [0.05, 0.1) is 6.42 Å². The Morgan fingerprint density at radius 2 is 1.50 bits per heavy atom. The van der Waals surface area contributed by atoms with E-state index in [1.54, 1.807) is 42.5 Å². The van der Waals surface area contributed by atoms with Gasteiger partial charge in [-0.15, -0.1) is 0 Å². The van der Waals surface area contributed by atoms with Crippen molar-refractivity contribution in [2.24, 2.45) is 0 Å². The fourth-order valence-electron chi connectivity index (χ4n) is 2.59. The highest BCUT2D eigenvalue weighted by Crippen LogP contribution is 2.16. The van der Waals surface area contributed by atoms with Gasteiger partial charge in [0.25, 0.3) is 0 Å². The molecule has 0 fully saturated rings. The van der Waals surface area contributed by atoms with Crippen molar-refractivity contribution in [3.63, 3.8) is 0 Å². The van der Waals surface area contributed by atoms with Gasteiger partial charge in [0.1, 0.15) is 0 Å². The Hall–Kier alpha value is -3.37. The van der Waals surface area contributed by atoms with Gasteiger partial charge < -0.3 is 10.6 Å². The summed E-state index contributed by atoms with van der Waals surface area (Å²) < 4.78 is 0. The van der Waals surface area contributed by atoms with Crippen LogP contribution in [-0.4, -0.2) is 11.8 Å². The molecule has 0 aliphatic rings. The first-order chi connectivity index (χ1) is 13.6. The van der Waals surface area contributed by atoms with E-state index in [9.17, 15) is 9.59 Å². The summed E-state index contributed by atoms with van der Waals surface area (Å²) in [6.07, 6.45) is 3.45. The summed E-state index contributed by atoms with van der Waals surface area (Å²) >= 11 is 5.84. The van der Waals surface area contributed by atoms with Gasteiger partial charge in [0, 0.05) is 22.5 Å². The minimum absolute atomic E-state index is 0.114. The van der Waals surface area contributed by atoms with E-state index in [1.807, 2.05) is 42.5 Å².